The van der Waals surface area contributed by atoms with Crippen LogP contribution in [0.3, 0.4) is 0 Å². The van der Waals surface area contributed by atoms with Gasteiger partial charge in [-0.05, 0) is 59.8 Å². The summed E-state index contributed by atoms with van der Waals surface area (Å²) in [5.74, 6) is -0.00391. The predicted octanol–water partition coefficient (Wildman–Crippen LogP) is 4.81. The van der Waals surface area contributed by atoms with Crippen LogP contribution in [0.2, 0.25) is 0 Å². The van der Waals surface area contributed by atoms with E-state index in [9.17, 15) is 8.78 Å². The summed E-state index contributed by atoms with van der Waals surface area (Å²) < 4.78 is 28.6. The molecule has 0 spiro atoms. The summed E-state index contributed by atoms with van der Waals surface area (Å²) in [6.45, 7) is 2.21. The molecule has 1 aliphatic rings. The maximum absolute atomic E-state index is 14.2. The van der Waals surface area contributed by atoms with E-state index >= 15 is 0 Å². The van der Waals surface area contributed by atoms with Crippen LogP contribution < -0.4 is 5.32 Å². The van der Waals surface area contributed by atoms with Crippen LogP contribution in [0.4, 0.5) is 8.78 Å². The highest BCUT2D eigenvalue weighted by molar-refractivity contribution is 9.10. The summed E-state index contributed by atoms with van der Waals surface area (Å²) in [6.07, 6.45) is 4.41. The number of nitrogens with one attached hydrogen (secondary N) is 1. The Hall–Kier alpha value is -0.480. The van der Waals surface area contributed by atoms with Gasteiger partial charge >= 0.3 is 0 Å². The van der Waals surface area contributed by atoms with Gasteiger partial charge in [0.25, 0.3) is 0 Å². The highest BCUT2D eigenvalue weighted by atomic mass is 79.9. The molecule has 1 aromatic carbocycles. The maximum Gasteiger partial charge on any atom is 0.145 e. The molecule has 0 radical (unpaired) electrons. The van der Waals surface area contributed by atoms with Gasteiger partial charge in [0.2, 0.25) is 0 Å². The molecule has 19 heavy (non-hydrogen) atoms. The van der Waals surface area contributed by atoms with Crippen LogP contribution in [-0.2, 0) is 0 Å². The van der Waals surface area contributed by atoms with Gasteiger partial charge in [0.1, 0.15) is 11.6 Å². The van der Waals surface area contributed by atoms with Crippen molar-refractivity contribution in [1.29, 1.82) is 0 Å². The molecule has 1 N–H and O–H groups in total. The standard InChI is InChI=1S/C15H20BrF2N/c1-9-4-3-5-10(8-9)15(19-2)13-12(17)7-6-11(16)14(13)18/h6-7,9-10,15,19H,3-5,8H2,1-2H3. The van der Waals surface area contributed by atoms with Crippen molar-refractivity contribution in [2.45, 2.75) is 38.6 Å². The summed E-state index contributed by atoms with van der Waals surface area (Å²) in [5, 5.41) is 3.12. The topological polar surface area (TPSA) is 12.0 Å². The molecule has 0 aliphatic heterocycles. The predicted molar refractivity (Wildman–Crippen MR) is 77.0 cm³/mol. The Balaban J connectivity index is 2.34. The summed E-state index contributed by atoms with van der Waals surface area (Å²) in [4.78, 5) is 0. The molecule has 1 aromatic rings. The van der Waals surface area contributed by atoms with Crippen molar-refractivity contribution < 1.29 is 8.78 Å². The lowest BCUT2D eigenvalue weighted by molar-refractivity contribution is 0.223. The average Bonchev–Trinajstić information content (AvgIpc) is 2.39. The summed E-state index contributed by atoms with van der Waals surface area (Å²) >= 11 is 3.14. The van der Waals surface area contributed by atoms with E-state index in [-0.39, 0.29) is 11.6 Å². The highest BCUT2D eigenvalue weighted by Crippen LogP contribution is 2.39. The van der Waals surface area contributed by atoms with Crippen LogP contribution in [0.1, 0.15) is 44.2 Å². The molecule has 2 rings (SSSR count). The number of hydrogen-bond acceptors (Lipinski definition) is 1. The van der Waals surface area contributed by atoms with E-state index in [1.165, 1.54) is 18.6 Å². The Morgan fingerprint density at radius 3 is 2.68 bits per heavy atom. The van der Waals surface area contributed by atoms with E-state index in [1.807, 2.05) is 0 Å². The molecule has 0 heterocycles. The van der Waals surface area contributed by atoms with Crippen LogP contribution >= 0.6 is 15.9 Å². The third kappa shape index (κ3) is 3.16. The van der Waals surface area contributed by atoms with E-state index in [2.05, 4.69) is 28.2 Å². The van der Waals surface area contributed by atoms with Crippen molar-refractivity contribution >= 4 is 15.9 Å². The van der Waals surface area contributed by atoms with Gasteiger partial charge in [-0.1, -0.05) is 19.8 Å². The third-order valence-corrected chi connectivity index (χ3v) is 4.76. The molecule has 0 bridgehead atoms. The molecule has 3 atom stereocenters. The molecule has 3 unspecified atom stereocenters. The van der Waals surface area contributed by atoms with Crippen LogP contribution in [0, 0.1) is 23.5 Å². The van der Waals surface area contributed by atoms with Crippen molar-refractivity contribution in [3.8, 4) is 0 Å². The zero-order valence-corrected chi connectivity index (χ0v) is 12.9. The largest absolute Gasteiger partial charge is 0.313 e. The van der Waals surface area contributed by atoms with Gasteiger partial charge in [-0.25, -0.2) is 8.78 Å². The lowest BCUT2D eigenvalue weighted by atomic mass is 9.76. The first-order valence-electron chi connectivity index (χ1n) is 6.85. The summed E-state index contributed by atoms with van der Waals surface area (Å²) in [7, 11) is 1.78. The highest BCUT2D eigenvalue weighted by Gasteiger charge is 2.31. The van der Waals surface area contributed by atoms with Crippen LogP contribution in [0.5, 0.6) is 0 Å². The van der Waals surface area contributed by atoms with Gasteiger partial charge in [-0.2, -0.15) is 0 Å². The lowest BCUT2D eigenvalue weighted by Crippen LogP contribution is -2.30. The average molecular weight is 332 g/mol. The third-order valence-electron chi connectivity index (χ3n) is 4.15. The molecule has 106 valence electrons. The van der Waals surface area contributed by atoms with Crippen molar-refractivity contribution in [2.75, 3.05) is 7.05 Å². The number of benzene rings is 1. The Morgan fingerprint density at radius 2 is 2.05 bits per heavy atom. The molecule has 1 fully saturated rings. The van der Waals surface area contributed by atoms with Gasteiger partial charge in [0.05, 0.1) is 4.47 Å². The zero-order valence-electron chi connectivity index (χ0n) is 11.3. The van der Waals surface area contributed by atoms with Crippen LogP contribution in [-0.4, -0.2) is 7.05 Å². The zero-order chi connectivity index (χ0) is 14.0. The number of hydrogen-bond donors (Lipinski definition) is 1. The molecule has 0 amide bonds. The molecule has 0 aromatic heterocycles. The normalized spacial score (nSPS) is 25.3. The van der Waals surface area contributed by atoms with Gasteiger partial charge < -0.3 is 5.32 Å². The van der Waals surface area contributed by atoms with E-state index in [1.54, 1.807) is 7.05 Å². The molecular weight excluding hydrogens is 312 g/mol. The minimum absolute atomic E-state index is 0.177. The molecule has 1 nitrogen and oxygen atoms in total. The molecule has 1 saturated carbocycles. The molecule has 0 saturated heterocycles. The SMILES string of the molecule is CNC(c1c(F)ccc(Br)c1F)C1CCCC(C)C1. The molecule has 4 heteroatoms. The number of rotatable bonds is 3. The van der Waals surface area contributed by atoms with E-state index < -0.39 is 11.6 Å². The minimum Gasteiger partial charge on any atom is -0.313 e. The first-order chi connectivity index (χ1) is 9.04. The minimum atomic E-state index is -0.474. The van der Waals surface area contributed by atoms with E-state index in [0.717, 1.165) is 19.3 Å². The Labute approximate surface area is 121 Å². The first kappa shape index (κ1) is 14.9. The molecule has 1 aliphatic carbocycles. The van der Waals surface area contributed by atoms with E-state index in [0.29, 0.717) is 16.3 Å². The van der Waals surface area contributed by atoms with Gasteiger partial charge in [-0.3, -0.25) is 0 Å². The lowest BCUT2D eigenvalue weighted by Gasteiger charge is -2.33. The summed E-state index contributed by atoms with van der Waals surface area (Å²) in [6, 6.07) is 2.50. The second-order valence-electron chi connectivity index (χ2n) is 5.56. The molecular formula is C15H20BrF2N. The first-order valence-corrected chi connectivity index (χ1v) is 7.64. The van der Waals surface area contributed by atoms with Gasteiger partial charge in [0.15, 0.2) is 0 Å². The fourth-order valence-electron chi connectivity index (χ4n) is 3.23. The van der Waals surface area contributed by atoms with Crippen molar-refractivity contribution in [3.05, 3.63) is 33.8 Å². The Bertz CT molecular complexity index is 450. The van der Waals surface area contributed by atoms with Gasteiger partial charge in [0, 0.05) is 11.6 Å². The Morgan fingerprint density at radius 1 is 1.32 bits per heavy atom. The second-order valence-corrected chi connectivity index (χ2v) is 6.41. The Kier molecular flexibility index (Phi) is 4.96. The maximum atomic E-state index is 14.2. The van der Waals surface area contributed by atoms with Crippen LogP contribution in [0.25, 0.3) is 0 Å². The fraction of sp³-hybridized carbons (Fsp3) is 0.600. The summed E-state index contributed by atoms with van der Waals surface area (Å²) in [5.41, 5.74) is 0.177. The van der Waals surface area contributed by atoms with Crippen molar-refractivity contribution in [1.82, 2.24) is 5.32 Å². The quantitative estimate of drug-likeness (QED) is 0.783. The smallest absolute Gasteiger partial charge is 0.145 e. The van der Waals surface area contributed by atoms with Crippen molar-refractivity contribution in [2.24, 2.45) is 11.8 Å². The second kappa shape index (κ2) is 6.31. The van der Waals surface area contributed by atoms with Gasteiger partial charge in [-0.15, -0.1) is 0 Å². The fourth-order valence-corrected chi connectivity index (χ4v) is 3.57. The monoisotopic (exact) mass is 331 g/mol. The number of halogens is 3. The van der Waals surface area contributed by atoms with E-state index in [4.69, 9.17) is 0 Å². The van der Waals surface area contributed by atoms with Crippen molar-refractivity contribution in [3.63, 3.8) is 0 Å². The van der Waals surface area contributed by atoms with Crippen LogP contribution in [0.15, 0.2) is 16.6 Å².